The van der Waals surface area contributed by atoms with Gasteiger partial charge in [0.15, 0.2) is 17.4 Å². The molecule has 3 aromatic rings. The van der Waals surface area contributed by atoms with Gasteiger partial charge in [0, 0.05) is 17.4 Å². The third-order valence-electron chi connectivity index (χ3n) is 3.91. The number of carbonyl (C=O) groups is 1. The summed E-state index contributed by atoms with van der Waals surface area (Å²) >= 11 is 0.962. The molecule has 0 aliphatic rings. The van der Waals surface area contributed by atoms with Crippen molar-refractivity contribution in [2.75, 3.05) is 10.0 Å². The number of hydrogen-bond donors (Lipinski definition) is 2. The van der Waals surface area contributed by atoms with Gasteiger partial charge in [0.25, 0.3) is 10.0 Å². The van der Waals surface area contributed by atoms with Crippen molar-refractivity contribution in [2.45, 2.75) is 24.5 Å². The van der Waals surface area contributed by atoms with E-state index in [1.165, 1.54) is 6.07 Å². The lowest BCUT2D eigenvalue weighted by molar-refractivity contribution is -0.115. The Morgan fingerprint density at radius 2 is 1.97 bits per heavy atom. The second-order valence-electron chi connectivity index (χ2n) is 6.13. The maximum absolute atomic E-state index is 13.3. The minimum Gasteiger partial charge on any atom is -0.354 e. The van der Waals surface area contributed by atoms with Gasteiger partial charge in [-0.3, -0.25) is 9.52 Å². The number of amides is 1. The summed E-state index contributed by atoms with van der Waals surface area (Å²) in [6, 6.07) is 5.69. The van der Waals surface area contributed by atoms with E-state index in [2.05, 4.69) is 15.2 Å². The first-order chi connectivity index (χ1) is 14.2. The van der Waals surface area contributed by atoms with Crippen LogP contribution in [0.5, 0.6) is 0 Å². The van der Waals surface area contributed by atoms with E-state index in [1.54, 1.807) is 32.1 Å². The summed E-state index contributed by atoms with van der Waals surface area (Å²) in [6.07, 6.45) is 3.48. The molecule has 0 atom stereocenters. The summed E-state index contributed by atoms with van der Waals surface area (Å²) in [5.41, 5.74) is 0.872. The predicted molar refractivity (Wildman–Crippen MR) is 111 cm³/mol. The number of carbonyl (C=O) groups excluding carboxylic acids is 1. The van der Waals surface area contributed by atoms with Crippen molar-refractivity contribution in [3.63, 3.8) is 0 Å². The fourth-order valence-corrected chi connectivity index (χ4v) is 4.65. The van der Waals surface area contributed by atoms with Crippen molar-refractivity contribution in [1.82, 2.24) is 5.16 Å². The smallest absolute Gasteiger partial charge is 0.271 e. The molecule has 0 aliphatic carbocycles. The molecule has 0 saturated carbocycles. The molecule has 2 heterocycles. The minimum atomic E-state index is -3.98. The molecule has 0 aliphatic heterocycles. The van der Waals surface area contributed by atoms with E-state index < -0.39 is 21.7 Å². The van der Waals surface area contributed by atoms with Crippen LogP contribution in [0.4, 0.5) is 20.2 Å². The van der Waals surface area contributed by atoms with E-state index in [-0.39, 0.29) is 15.8 Å². The van der Waals surface area contributed by atoms with Gasteiger partial charge in [-0.1, -0.05) is 12.1 Å². The Morgan fingerprint density at radius 1 is 1.20 bits per heavy atom. The summed E-state index contributed by atoms with van der Waals surface area (Å²) < 4.78 is 58.7. The van der Waals surface area contributed by atoms with Crippen LogP contribution in [0.1, 0.15) is 29.7 Å². The first-order valence-electron chi connectivity index (χ1n) is 8.71. The SMILES string of the molecule is CCC(=O)Nc1c(C)noc1C=Cc1ccc(S(=O)(=O)Nc2ccc(F)c(F)c2)s1. The number of benzene rings is 1. The van der Waals surface area contributed by atoms with Crippen LogP contribution >= 0.6 is 11.3 Å². The Labute approximate surface area is 175 Å². The second kappa shape index (κ2) is 8.76. The Morgan fingerprint density at radius 3 is 2.67 bits per heavy atom. The highest BCUT2D eigenvalue weighted by Gasteiger charge is 2.18. The molecule has 0 bridgehead atoms. The third-order valence-corrected chi connectivity index (χ3v) is 6.84. The van der Waals surface area contributed by atoms with Crippen LogP contribution in [0.15, 0.2) is 39.1 Å². The summed E-state index contributed by atoms with van der Waals surface area (Å²) in [4.78, 5) is 12.2. The normalized spacial score (nSPS) is 11.7. The zero-order valence-corrected chi connectivity index (χ0v) is 17.5. The third kappa shape index (κ3) is 4.92. The van der Waals surface area contributed by atoms with Crippen LogP contribution in [-0.4, -0.2) is 19.5 Å². The lowest BCUT2D eigenvalue weighted by atomic mass is 10.2. The average molecular weight is 453 g/mol. The van der Waals surface area contributed by atoms with Crippen molar-refractivity contribution in [3.8, 4) is 0 Å². The lowest BCUT2D eigenvalue weighted by Gasteiger charge is -2.06. The van der Waals surface area contributed by atoms with Crippen LogP contribution in [-0.2, 0) is 14.8 Å². The van der Waals surface area contributed by atoms with Crippen LogP contribution in [0.3, 0.4) is 0 Å². The molecule has 2 N–H and O–H groups in total. The summed E-state index contributed by atoms with van der Waals surface area (Å²) in [5, 5.41) is 6.52. The molecule has 7 nitrogen and oxygen atoms in total. The number of nitrogens with one attached hydrogen (secondary N) is 2. The molecule has 0 saturated heterocycles. The number of thiophene rings is 1. The average Bonchev–Trinajstić information content (AvgIpc) is 3.31. The van der Waals surface area contributed by atoms with Crippen LogP contribution in [0.2, 0.25) is 0 Å². The van der Waals surface area contributed by atoms with Gasteiger partial charge in [-0.2, -0.15) is 0 Å². The minimum absolute atomic E-state index is 0.0138. The van der Waals surface area contributed by atoms with E-state index in [9.17, 15) is 22.0 Å². The van der Waals surface area contributed by atoms with Gasteiger partial charge in [-0.05, 0) is 43.3 Å². The van der Waals surface area contributed by atoms with Gasteiger partial charge >= 0.3 is 0 Å². The zero-order chi connectivity index (χ0) is 21.9. The van der Waals surface area contributed by atoms with Crippen molar-refractivity contribution < 1.29 is 26.5 Å². The predicted octanol–water partition coefficient (Wildman–Crippen LogP) is 4.64. The van der Waals surface area contributed by atoms with Crippen LogP contribution in [0.25, 0.3) is 12.2 Å². The Hall–Kier alpha value is -3.05. The fourth-order valence-electron chi connectivity index (χ4n) is 2.37. The monoisotopic (exact) mass is 453 g/mol. The number of aromatic nitrogens is 1. The molecule has 0 radical (unpaired) electrons. The van der Waals surface area contributed by atoms with Gasteiger partial charge in [-0.25, -0.2) is 17.2 Å². The van der Waals surface area contributed by atoms with Crippen LogP contribution in [0, 0.1) is 18.6 Å². The van der Waals surface area contributed by atoms with Gasteiger partial charge in [0.1, 0.15) is 15.6 Å². The highest BCUT2D eigenvalue weighted by atomic mass is 32.2. The lowest BCUT2D eigenvalue weighted by Crippen LogP contribution is -2.11. The molecule has 11 heteroatoms. The first kappa shape index (κ1) is 21.7. The number of hydrogen-bond acceptors (Lipinski definition) is 6. The van der Waals surface area contributed by atoms with E-state index >= 15 is 0 Å². The summed E-state index contributed by atoms with van der Waals surface area (Å²) in [7, 11) is -3.98. The second-order valence-corrected chi connectivity index (χ2v) is 9.16. The Balaban J connectivity index is 1.78. The molecule has 0 unspecified atom stereocenters. The highest BCUT2D eigenvalue weighted by Crippen LogP contribution is 2.28. The molecule has 3 rings (SSSR count). The zero-order valence-electron chi connectivity index (χ0n) is 15.9. The van der Waals surface area contributed by atoms with E-state index in [0.29, 0.717) is 28.4 Å². The van der Waals surface area contributed by atoms with E-state index in [1.807, 2.05) is 0 Å². The Kier molecular flexibility index (Phi) is 6.32. The summed E-state index contributed by atoms with van der Waals surface area (Å²) in [5.74, 6) is -2.09. The summed E-state index contributed by atoms with van der Waals surface area (Å²) in [6.45, 7) is 3.40. The number of nitrogens with zero attached hydrogens (tertiary/aromatic N) is 1. The van der Waals surface area contributed by atoms with Gasteiger partial charge in [0.2, 0.25) is 5.91 Å². The topological polar surface area (TPSA) is 101 Å². The number of halogens is 2. The number of sulfonamides is 1. The molecule has 0 spiro atoms. The molecule has 1 amide bonds. The maximum atomic E-state index is 13.3. The van der Waals surface area contributed by atoms with Crippen molar-refractivity contribution in [3.05, 3.63) is 58.3 Å². The molecule has 1 aromatic carbocycles. The van der Waals surface area contributed by atoms with Gasteiger partial charge < -0.3 is 9.84 Å². The largest absolute Gasteiger partial charge is 0.354 e. The molecule has 30 heavy (non-hydrogen) atoms. The molecular formula is C19H17F2N3O4S2. The van der Waals surface area contributed by atoms with E-state index in [4.69, 9.17) is 4.52 Å². The molecule has 2 aromatic heterocycles. The highest BCUT2D eigenvalue weighted by molar-refractivity contribution is 7.94. The molecule has 0 fully saturated rings. The van der Waals surface area contributed by atoms with Crippen LogP contribution < -0.4 is 10.0 Å². The Bertz CT molecular complexity index is 1220. The molecular weight excluding hydrogens is 436 g/mol. The van der Waals surface area contributed by atoms with Crippen molar-refractivity contribution in [1.29, 1.82) is 0 Å². The standard InChI is InChI=1S/C19H17F2N3O4S2/c1-3-17(25)22-19-11(2)23-28-16(19)8-5-13-6-9-18(29-13)30(26,27)24-12-4-7-14(20)15(21)10-12/h4-10,24H,3H2,1-2H3,(H,22,25). The van der Waals surface area contributed by atoms with Crippen molar-refractivity contribution >= 4 is 50.8 Å². The van der Waals surface area contributed by atoms with Gasteiger partial charge in [-0.15, -0.1) is 11.3 Å². The molecule has 158 valence electrons. The number of anilines is 2. The van der Waals surface area contributed by atoms with E-state index in [0.717, 1.165) is 29.5 Å². The van der Waals surface area contributed by atoms with Gasteiger partial charge in [0.05, 0.1) is 5.69 Å². The number of aryl methyl sites for hydroxylation is 1. The fraction of sp³-hybridized carbons (Fsp3) is 0.158. The first-order valence-corrected chi connectivity index (χ1v) is 11.0. The maximum Gasteiger partial charge on any atom is 0.271 e. The number of rotatable bonds is 7. The van der Waals surface area contributed by atoms with Crippen molar-refractivity contribution in [2.24, 2.45) is 0 Å². The quantitative estimate of drug-likeness (QED) is 0.543.